The molecular weight excluding hydrogens is 286 g/mol. The third kappa shape index (κ3) is 2.14. The molecule has 0 aliphatic carbocycles. The Balaban J connectivity index is 2.27. The molecule has 22 heavy (non-hydrogen) atoms. The van der Waals surface area contributed by atoms with Crippen LogP contribution in [-0.4, -0.2) is 25.7 Å². The van der Waals surface area contributed by atoms with Crippen LogP contribution in [0, 0.1) is 0 Å². The Kier molecular flexibility index (Phi) is 3.03. The number of nitrogens with zero attached hydrogens (tertiary/aromatic N) is 2. The molecule has 1 aromatic heterocycles. The second-order valence-corrected chi connectivity index (χ2v) is 4.70. The summed E-state index contributed by atoms with van der Waals surface area (Å²) >= 11 is 0. The highest BCUT2D eigenvalue weighted by Gasteiger charge is 2.13. The number of aromatic carboxylic acids is 1. The van der Waals surface area contributed by atoms with Crippen molar-refractivity contribution in [3.05, 3.63) is 58.6 Å². The number of carbonyl (C=O) groups is 1. The van der Waals surface area contributed by atoms with Crippen molar-refractivity contribution in [3.8, 4) is 11.4 Å². The first-order chi connectivity index (χ1) is 10.5. The summed E-state index contributed by atoms with van der Waals surface area (Å²) in [5, 5.41) is 18.9. The maximum absolute atomic E-state index is 12.5. The predicted octanol–water partition coefficient (Wildman–Crippen LogP) is 1.37. The molecule has 0 atom stereocenters. The Morgan fingerprint density at radius 3 is 2.68 bits per heavy atom. The number of nitrogen functional groups attached to an aromatic ring is 1. The van der Waals surface area contributed by atoms with Crippen LogP contribution in [0.1, 0.15) is 10.4 Å². The van der Waals surface area contributed by atoms with Gasteiger partial charge in [0.2, 0.25) is 0 Å². The van der Waals surface area contributed by atoms with Crippen LogP contribution >= 0.6 is 0 Å². The summed E-state index contributed by atoms with van der Waals surface area (Å²) in [6.07, 6.45) is 1.30. The van der Waals surface area contributed by atoms with Gasteiger partial charge in [-0.05, 0) is 36.4 Å². The van der Waals surface area contributed by atoms with Gasteiger partial charge in [0, 0.05) is 5.69 Å². The Bertz CT molecular complexity index is 963. The van der Waals surface area contributed by atoms with Crippen LogP contribution in [0.25, 0.3) is 16.6 Å². The number of rotatable bonds is 2. The van der Waals surface area contributed by atoms with E-state index in [0.29, 0.717) is 16.6 Å². The van der Waals surface area contributed by atoms with Gasteiger partial charge in [0.25, 0.3) is 5.56 Å². The van der Waals surface area contributed by atoms with Crippen molar-refractivity contribution in [2.24, 2.45) is 0 Å². The Morgan fingerprint density at radius 1 is 1.18 bits per heavy atom. The van der Waals surface area contributed by atoms with Crippen molar-refractivity contribution >= 4 is 22.6 Å². The van der Waals surface area contributed by atoms with Crippen LogP contribution in [0.5, 0.6) is 5.75 Å². The third-order valence-electron chi connectivity index (χ3n) is 3.27. The van der Waals surface area contributed by atoms with Crippen LogP contribution in [0.3, 0.4) is 0 Å². The molecule has 4 N–H and O–H groups in total. The highest BCUT2D eigenvalue weighted by atomic mass is 16.4. The second kappa shape index (κ2) is 4.88. The zero-order chi connectivity index (χ0) is 15.9. The minimum atomic E-state index is -1.29. The zero-order valence-electron chi connectivity index (χ0n) is 11.2. The summed E-state index contributed by atoms with van der Waals surface area (Å²) < 4.78 is 1.20. The number of phenols is 1. The number of carboxylic acids is 1. The fourth-order valence-corrected chi connectivity index (χ4v) is 2.17. The first-order valence-electron chi connectivity index (χ1n) is 6.31. The number of benzene rings is 2. The molecule has 0 spiro atoms. The Labute approximate surface area is 123 Å². The summed E-state index contributed by atoms with van der Waals surface area (Å²) in [6.45, 7) is 0. The summed E-state index contributed by atoms with van der Waals surface area (Å²) in [5.41, 5.74) is 6.22. The average molecular weight is 297 g/mol. The van der Waals surface area contributed by atoms with Gasteiger partial charge in [-0.25, -0.2) is 9.78 Å². The molecule has 7 nitrogen and oxygen atoms in total. The second-order valence-electron chi connectivity index (χ2n) is 4.70. The first-order valence-corrected chi connectivity index (χ1v) is 6.31. The quantitative estimate of drug-likeness (QED) is 0.615. The largest absolute Gasteiger partial charge is 0.507 e. The normalized spacial score (nSPS) is 10.7. The van der Waals surface area contributed by atoms with Crippen LogP contribution in [0.2, 0.25) is 0 Å². The van der Waals surface area contributed by atoms with Gasteiger partial charge in [-0.2, -0.15) is 0 Å². The number of carboxylic acid groups (broad SMARTS) is 1. The summed E-state index contributed by atoms with van der Waals surface area (Å²) in [7, 11) is 0. The maximum atomic E-state index is 12.5. The predicted molar refractivity (Wildman–Crippen MR) is 80.4 cm³/mol. The fraction of sp³-hybridized carbons (Fsp3) is 0. The number of nitrogens with two attached hydrogens (primary N) is 1. The van der Waals surface area contributed by atoms with E-state index in [1.165, 1.54) is 35.2 Å². The minimum absolute atomic E-state index is 0.289. The van der Waals surface area contributed by atoms with E-state index in [9.17, 15) is 14.7 Å². The van der Waals surface area contributed by atoms with E-state index in [-0.39, 0.29) is 22.6 Å². The zero-order valence-corrected chi connectivity index (χ0v) is 11.2. The smallest absolute Gasteiger partial charge is 0.339 e. The van der Waals surface area contributed by atoms with Crippen molar-refractivity contribution in [2.75, 3.05) is 5.73 Å². The molecular formula is C15H11N3O4. The maximum Gasteiger partial charge on any atom is 0.339 e. The SMILES string of the molecule is Nc1ccc2ncn(-c3ccc(O)c(C(=O)O)c3)c(=O)c2c1. The van der Waals surface area contributed by atoms with Gasteiger partial charge >= 0.3 is 5.97 Å². The van der Waals surface area contributed by atoms with Gasteiger partial charge < -0.3 is 15.9 Å². The average Bonchev–Trinajstić information content (AvgIpc) is 2.49. The molecule has 0 unspecified atom stereocenters. The molecule has 110 valence electrons. The van der Waals surface area contributed by atoms with Crippen molar-refractivity contribution < 1.29 is 15.0 Å². The van der Waals surface area contributed by atoms with E-state index in [2.05, 4.69) is 4.98 Å². The summed E-state index contributed by atoms with van der Waals surface area (Å²) in [5.74, 6) is -1.66. The lowest BCUT2D eigenvalue weighted by atomic mass is 10.1. The van der Waals surface area contributed by atoms with Crippen LogP contribution in [0.4, 0.5) is 5.69 Å². The van der Waals surface area contributed by atoms with Crippen LogP contribution in [-0.2, 0) is 0 Å². The molecule has 0 saturated heterocycles. The number of anilines is 1. The number of aromatic nitrogens is 2. The molecule has 0 fully saturated rings. The highest BCUT2D eigenvalue weighted by Crippen LogP contribution is 2.20. The molecule has 3 rings (SSSR count). The molecule has 1 heterocycles. The van der Waals surface area contributed by atoms with Gasteiger partial charge in [-0.1, -0.05) is 0 Å². The monoisotopic (exact) mass is 297 g/mol. The standard InChI is InChI=1S/C15H11N3O4/c16-8-1-3-12-10(5-8)14(20)18(7-17-12)9-2-4-13(19)11(6-9)15(21)22/h1-7,19H,16H2,(H,21,22). The van der Waals surface area contributed by atoms with Gasteiger partial charge in [-0.15, -0.1) is 0 Å². The minimum Gasteiger partial charge on any atom is -0.507 e. The molecule has 0 bridgehead atoms. The molecule has 2 aromatic carbocycles. The third-order valence-corrected chi connectivity index (χ3v) is 3.27. The van der Waals surface area contributed by atoms with Crippen molar-refractivity contribution in [1.29, 1.82) is 0 Å². The van der Waals surface area contributed by atoms with E-state index in [4.69, 9.17) is 10.8 Å². The van der Waals surface area contributed by atoms with E-state index in [0.717, 1.165) is 0 Å². The topological polar surface area (TPSA) is 118 Å². The van der Waals surface area contributed by atoms with E-state index < -0.39 is 5.97 Å². The van der Waals surface area contributed by atoms with Crippen molar-refractivity contribution in [1.82, 2.24) is 9.55 Å². The highest BCUT2D eigenvalue weighted by molar-refractivity contribution is 5.91. The molecule has 0 aliphatic rings. The van der Waals surface area contributed by atoms with Gasteiger partial charge in [0.15, 0.2) is 0 Å². The van der Waals surface area contributed by atoms with Crippen LogP contribution in [0.15, 0.2) is 47.5 Å². The summed E-state index contributed by atoms with van der Waals surface area (Å²) in [4.78, 5) is 27.7. The van der Waals surface area contributed by atoms with Crippen molar-refractivity contribution in [2.45, 2.75) is 0 Å². The Hall–Kier alpha value is -3.35. The molecule has 3 aromatic rings. The Morgan fingerprint density at radius 2 is 1.95 bits per heavy atom. The molecule has 0 saturated carbocycles. The van der Waals surface area contributed by atoms with E-state index >= 15 is 0 Å². The lowest BCUT2D eigenvalue weighted by Crippen LogP contribution is -2.19. The van der Waals surface area contributed by atoms with Crippen molar-refractivity contribution in [3.63, 3.8) is 0 Å². The molecule has 7 heteroatoms. The first kappa shape index (κ1) is 13.6. The van der Waals surface area contributed by atoms with E-state index in [1.54, 1.807) is 12.1 Å². The van der Waals surface area contributed by atoms with Gasteiger partial charge in [0.05, 0.1) is 16.6 Å². The lowest BCUT2D eigenvalue weighted by molar-refractivity contribution is 0.0693. The lowest BCUT2D eigenvalue weighted by Gasteiger charge is -2.08. The molecule has 0 aliphatic heterocycles. The fourth-order valence-electron chi connectivity index (χ4n) is 2.17. The molecule has 0 amide bonds. The number of hydrogen-bond donors (Lipinski definition) is 3. The van der Waals surface area contributed by atoms with Crippen LogP contribution < -0.4 is 11.3 Å². The summed E-state index contributed by atoms with van der Waals surface area (Å²) in [6, 6.07) is 8.65. The van der Waals surface area contributed by atoms with Gasteiger partial charge in [0.1, 0.15) is 17.6 Å². The van der Waals surface area contributed by atoms with E-state index in [1.807, 2.05) is 0 Å². The number of aromatic hydroxyl groups is 1. The molecule has 0 radical (unpaired) electrons. The number of fused-ring (bicyclic) bond motifs is 1. The number of hydrogen-bond acceptors (Lipinski definition) is 5. The van der Waals surface area contributed by atoms with Gasteiger partial charge in [-0.3, -0.25) is 9.36 Å².